The lowest BCUT2D eigenvalue weighted by Crippen LogP contribution is -2.06. The number of carbonyl (C=O) groups excluding carboxylic acids is 1. The molecule has 0 fully saturated rings. The standard InChI is InChI=1S/C14H17N3OS2/c1-5-6-17-9(2)7-12(10(17)3)13(18)8-19-14-16-15-11(4)20-14/h5,7H,1,6,8H2,2-4H3. The molecule has 2 heterocycles. The van der Waals surface area contributed by atoms with Gasteiger partial charge in [0.05, 0.1) is 5.75 Å². The zero-order chi connectivity index (χ0) is 14.7. The Labute approximate surface area is 126 Å². The third-order valence-electron chi connectivity index (χ3n) is 3.02. The van der Waals surface area contributed by atoms with E-state index in [0.717, 1.165) is 32.8 Å². The van der Waals surface area contributed by atoms with E-state index in [1.165, 1.54) is 23.1 Å². The first-order chi connectivity index (χ1) is 9.52. The molecule has 0 aliphatic carbocycles. The Kier molecular flexibility index (Phi) is 4.77. The van der Waals surface area contributed by atoms with Gasteiger partial charge in [-0.15, -0.1) is 16.8 Å². The van der Waals surface area contributed by atoms with E-state index in [4.69, 9.17) is 0 Å². The number of hydrogen-bond donors (Lipinski definition) is 0. The first-order valence-corrected chi connectivity index (χ1v) is 8.07. The molecule has 6 heteroatoms. The predicted molar refractivity (Wildman–Crippen MR) is 83.8 cm³/mol. The van der Waals surface area contributed by atoms with Gasteiger partial charge in [0.15, 0.2) is 10.1 Å². The van der Waals surface area contributed by atoms with Gasteiger partial charge in [-0.2, -0.15) is 0 Å². The van der Waals surface area contributed by atoms with Gasteiger partial charge in [0.1, 0.15) is 5.01 Å². The molecular formula is C14H17N3OS2. The van der Waals surface area contributed by atoms with Crippen LogP contribution >= 0.6 is 23.1 Å². The van der Waals surface area contributed by atoms with E-state index < -0.39 is 0 Å². The van der Waals surface area contributed by atoms with Crippen molar-refractivity contribution < 1.29 is 4.79 Å². The highest BCUT2D eigenvalue weighted by Crippen LogP contribution is 2.24. The fraction of sp³-hybridized carbons (Fsp3) is 0.357. The van der Waals surface area contributed by atoms with Crippen molar-refractivity contribution >= 4 is 28.9 Å². The highest BCUT2D eigenvalue weighted by Gasteiger charge is 2.16. The number of Topliss-reactive ketones (excluding diaryl/α,β-unsaturated/α-hetero) is 1. The van der Waals surface area contributed by atoms with Crippen LogP contribution in [-0.2, 0) is 6.54 Å². The van der Waals surface area contributed by atoms with Gasteiger partial charge in [0.2, 0.25) is 0 Å². The SMILES string of the molecule is C=CCn1c(C)cc(C(=O)CSc2nnc(C)s2)c1C. The summed E-state index contributed by atoms with van der Waals surface area (Å²) in [4.78, 5) is 12.3. The third-order valence-corrected chi connectivity index (χ3v) is 4.99. The van der Waals surface area contributed by atoms with Crippen LogP contribution in [-0.4, -0.2) is 26.3 Å². The summed E-state index contributed by atoms with van der Waals surface area (Å²) in [7, 11) is 0. The van der Waals surface area contributed by atoms with Gasteiger partial charge in [0.25, 0.3) is 0 Å². The fourth-order valence-electron chi connectivity index (χ4n) is 2.04. The number of hydrogen-bond acceptors (Lipinski definition) is 5. The second-order valence-electron chi connectivity index (χ2n) is 4.48. The van der Waals surface area contributed by atoms with Gasteiger partial charge in [-0.25, -0.2) is 0 Å². The van der Waals surface area contributed by atoms with Crippen molar-refractivity contribution in [2.24, 2.45) is 0 Å². The zero-order valence-corrected chi connectivity index (χ0v) is 13.5. The maximum atomic E-state index is 12.3. The second-order valence-corrected chi connectivity index (χ2v) is 6.89. The van der Waals surface area contributed by atoms with Crippen LogP contribution in [0.2, 0.25) is 0 Å². The molecule has 20 heavy (non-hydrogen) atoms. The number of nitrogens with zero attached hydrogens (tertiary/aromatic N) is 3. The molecule has 0 aliphatic heterocycles. The molecule has 2 aromatic rings. The third kappa shape index (κ3) is 3.19. The molecule has 2 rings (SSSR count). The normalized spacial score (nSPS) is 10.8. The topological polar surface area (TPSA) is 47.8 Å². The zero-order valence-electron chi connectivity index (χ0n) is 11.8. The first-order valence-electron chi connectivity index (χ1n) is 6.26. The largest absolute Gasteiger partial charge is 0.345 e. The summed E-state index contributed by atoms with van der Waals surface area (Å²) < 4.78 is 2.94. The minimum absolute atomic E-state index is 0.131. The van der Waals surface area contributed by atoms with E-state index >= 15 is 0 Å². The lowest BCUT2D eigenvalue weighted by atomic mass is 10.2. The van der Waals surface area contributed by atoms with Crippen molar-refractivity contribution in [3.8, 4) is 0 Å². The Balaban J connectivity index is 2.09. The Hall–Kier alpha value is -1.40. The lowest BCUT2D eigenvalue weighted by Gasteiger charge is -2.05. The minimum Gasteiger partial charge on any atom is -0.345 e. The summed E-state index contributed by atoms with van der Waals surface area (Å²) in [6.45, 7) is 10.4. The smallest absolute Gasteiger partial charge is 0.174 e. The van der Waals surface area contributed by atoms with Gasteiger partial charge in [-0.1, -0.05) is 29.2 Å². The van der Waals surface area contributed by atoms with Crippen molar-refractivity contribution in [2.75, 3.05) is 5.75 Å². The van der Waals surface area contributed by atoms with Gasteiger partial charge >= 0.3 is 0 Å². The van der Waals surface area contributed by atoms with Crippen LogP contribution in [0.4, 0.5) is 0 Å². The molecule has 0 aliphatic rings. The van der Waals surface area contributed by atoms with Crippen molar-refractivity contribution in [1.29, 1.82) is 0 Å². The van der Waals surface area contributed by atoms with E-state index in [2.05, 4.69) is 21.3 Å². The van der Waals surface area contributed by atoms with Crippen LogP contribution in [0.25, 0.3) is 0 Å². The summed E-state index contributed by atoms with van der Waals surface area (Å²) in [5, 5.41) is 8.89. The quantitative estimate of drug-likeness (QED) is 0.466. The van der Waals surface area contributed by atoms with Crippen LogP contribution in [0.1, 0.15) is 26.8 Å². The summed E-state index contributed by atoms with van der Waals surface area (Å²) in [6, 6.07) is 1.95. The summed E-state index contributed by atoms with van der Waals surface area (Å²) in [6.07, 6.45) is 1.84. The molecule has 0 saturated carbocycles. The predicted octanol–water partition coefficient (Wildman–Crippen LogP) is 3.43. The van der Waals surface area contributed by atoms with E-state index in [0.29, 0.717) is 5.75 Å². The molecule has 0 bridgehead atoms. The highest BCUT2D eigenvalue weighted by atomic mass is 32.2. The van der Waals surface area contributed by atoms with E-state index in [1.807, 2.05) is 32.9 Å². The van der Waals surface area contributed by atoms with Gasteiger partial charge < -0.3 is 4.57 Å². The number of ketones is 1. The Morgan fingerprint density at radius 3 is 2.80 bits per heavy atom. The lowest BCUT2D eigenvalue weighted by molar-refractivity contribution is 0.102. The van der Waals surface area contributed by atoms with Crippen molar-refractivity contribution in [2.45, 2.75) is 31.7 Å². The van der Waals surface area contributed by atoms with E-state index in [1.54, 1.807) is 0 Å². The number of thioether (sulfide) groups is 1. The van der Waals surface area contributed by atoms with Gasteiger partial charge in [-0.3, -0.25) is 4.79 Å². The van der Waals surface area contributed by atoms with Gasteiger partial charge in [-0.05, 0) is 26.8 Å². The van der Waals surface area contributed by atoms with Crippen LogP contribution in [0, 0.1) is 20.8 Å². The van der Waals surface area contributed by atoms with E-state index in [9.17, 15) is 4.79 Å². The minimum atomic E-state index is 0.131. The molecule has 0 unspecified atom stereocenters. The van der Waals surface area contributed by atoms with E-state index in [-0.39, 0.29) is 5.78 Å². The highest BCUT2D eigenvalue weighted by molar-refractivity contribution is 8.01. The summed E-state index contributed by atoms with van der Waals surface area (Å²) in [5.74, 6) is 0.527. The number of allylic oxidation sites excluding steroid dienone is 1. The number of carbonyl (C=O) groups is 1. The monoisotopic (exact) mass is 307 g/mol. The van der Waals surface area contributed by atoms with Crippen LogP contribution in [0.3, 0.4) is 0 Å². The molecule has 0 spiro atoms. The molecular weight excluding hydrogens is 290 g/mol. The average Bonchev–Trinajstić information content (AvgIpc) is 2.94. The molecule has 2 aromatic heterocycles. The second kappa shape index (κ2) is 6.37. The maximum absolute atomic E-state index is 12.3. The van der Waals surface area contributed by atoms with Crippen molar-refractivity contribution in [3.05, 3.63) is 40.7 Å². The first kappa shape index (κ1) is 15.0. The van der Waals surface area contributed by atoms with Crippen molar-refractivity contribution in [3.63, 3.8) is 0 Å². The Bertz CT molecular complexity index is 643. The van der Waals surface area contributed by atoms with Crippen molar-refractivity contribution in [1.82, 2.24) is 14.8 Å². The molecule has 106 valence electrons. The molecule has 0 aromatic carbocycles. The van der Waals surface area contributed by atoms with Gasteiger partial charge in [0, 0.05) is 23.5 Å². The fourth-order valence-corrected chi connectivity index (χ4v) is 3.73. The number of rotatable bonds is 6. The molecule has 0 saturated heterocycles. The van der Waals surface area contributed by atoms with Crippen LogP contribution in [0.5, 0.6) is 0 Å². The summed E-state index contributed by atoms with van der Waals surface area (Å²) >= 11 is 2.96. The molecule has 4 nitrogen and oxygen atoms in total. The Morgan fingerprint density at radius 2 is 2.20 bits per heavy atom. The molecule has 0 radical (unpaired) electrons. The Morgan fingerprint density at radius 1 is 1.45 bits per heavy atom. The molecule has 0 amide bonds. The average molecular weight is 307 g/mol. The molecule has 0 atom stereocenters. The maximum Gasteiger partial charge on any atom is 0.174 e. The van der Waals surface area contributed by atoms with Crippen LogP contribution < -0.4 is 0 Å². The number of aryl methyl sites for hydroxylation is 2. The van der Waals surface area contributed by atoms with Crippen LogP contribution in [0.15, 0.2) is 23.1 Å². The summed E-state index contributed by atoms with van der Waals surface area (Å²) in [5.41, 5.74) is 2.88. The molecule has 0 N–H and O–H groups in total. The number of aromatic nitrogens is 3.